The van der Waals surface area contributed by atoms with E-state index < -0.39 is 0 Å². The van der Waals surface area contributed by atoms with Gasteiger partial charge in [0.1, 0.15) is 5.25 Å². The minimum Gasteiger partial charge on any atom is -0.468 e. The van der Waals surface area contributed by atoms with Crippen LogP contribution in [0.15, 0.2) is 0 Å². The van der Waals surface area contributed by atoms with E-state index in [1.165, 1.54) is 18.9 Å². The van der Waals surface area contributed by atoms with Crippen molar-refractivity contribution in [3.63, 3.8) is 0 Å². The van der Waals surface area contributed by atoms with Gasteiger partial charge in [-0.1, -0.05) is 6.92 Å². The molecular weight excluding hydrogens is 162 g/mol. The molecule has 0 aliphatic carbocycles. The zero-order valence-corrected chi connectivity index (χ0v) is 7.48. The van der Waals surface area contributed by atoms with Crippen molar-refractivity contribution in [3.8, 4) is 6.07 Å². The van der Waals surface area contributed by atoms with Crippen LogP contribution in [0.4, 0.5) is 0 Å². The summed E-state index contributed by atoms with van der Waals surface area (Å²) in [6, 6.07) is 1.97. The summed E-state index contributed by atoms with van der Waals surface area (Å²) in [5.74, 6) is 0.0981. The molecule has 0 heterocycles. The van der Waals surface area contributed by atoms with Gasteiger partial charge in [0.05, 0.1) is 18.9 Å². The summed E-state index contributed by atoms with van der Waals surface area (Å²) >= 11 is 1.32. The molecular formula is C7H11NO2S. The number of esters is 1. The molecule has 0 N–H and O–H groups in total. The van der Waals surface area contributed by atoms with Crippen LogP contribution in [0.5, 0.6) is 0 Å². The Balaban J connectivity index is 3.77. The van der Waals surface area contributed by atoms with Crippen molar-refractivity contribution >= 4 is 17.7 Å². The molecule has 0 aromatic heterocycles. The highest BCUT2D eigenvalue weighted by molar-refractivity contribution is 8.00. The molecule has 0 radical (unpaired) electrons. The molecule has 0 saturated carbocycles. The van der Waals surface area contributed by atoms with Crippen LogP contribution in [0.25, 0.3) is 0 Å². The number of nitrogens with zero attached hydrogens (tertiary/aromatic N) is 1. The maximum absolute atomic E-state index is 10.9. The molecule has 0 rings (SSSR count). The van der Waals surface area contributed by atoms with Gasteiger partial charge in [0, 0.05) is 0 Å². The van der Waals surface area contributed by atoms with E-state index in [-0.39, 0.29) is 11.2 Å². The van der Waals surface area contributed by atoms with Gasteiger partial charge in [0.2, 0.25) is 0 Å². The number of methoxy groups -OCH3 is 1. The summed E-state index contributed by atoms with van der Waals surface area (Å²) in [6.07, 6.45) is 0.707. The summed E-state index contributed by atoms with van der Waals surface area (Å²) in [5.41, 5.74) is 0. The molecule has 0 aromatic carbocycles. The van der Waals surface area contributed by atoms with Gasteiger partial charge in [0.25, 0.3) is 0 Å². The molecule has 3 nitrogen and oxygen atoms in total. The highest BCUT2D eigenvalue weighted by Crippen LogP contribution is 2.14. The van der Waals surface area contributed by atoms with E-state index in [9.17, 15) is 4.79 Å². The monoisotopic (exact) mass is 173 g/mol. The molecule has 0 amide bonds. The fourth-order valence-electron chi connectivity index (χ4n) is 0.622. The Morgan fingerprint density at radius 2 is 2.45 bits per heavy atom. The van der Waals surface area contributed by atoms with Crippen LogP contribution >= 0.6 is 11.8 Å². The molecule has 0 saturated heterocycles. The molecule has 0 fully saturated rings. The topological polar surface area (TPSA) is 50.1 Å². The van der Waals surface area contributed by atoms with E-state index in [0.29, 0.717) is 12.2 Å². The lowest BCUT2D eigenvalue weighted by molar-refractivity contribution is -0.139. The first-order valence-electron chi connectivity index (χ1n) is 3.32. The van der Waals surface area contributed by atoms with E-state index in [1.54, 1.807) is 0 Å². The van der Waals surface area contributed by atoms with Crippen LogP contribution in [0.2, 0.25) is 0 Å². The van der Waals surface area contributed by atoms with Crippen LogP contribution in [0.1, 0.15) is 13.3 Å². The average Bonchev–Trinajstić information content (AvgIpc) is 2.05. The van der Waals surface area contributed by atoms with Gasteiger partial charge in [-0.3, -0.25) is 4.79 Å². The maximum atomic E-state index is 10.9. The van der Waals surface area contributed by atoms with E-state index in [0.717, 1.165) is 0 Å². The van der Waals surface area contributed by atoms with Crippen LogP contribution in [-0.4, -0.2) is 24.1 Å². The lowest BCUT2D eigenvalue weighted by Gasteiger charge is -2.08. The zero-order valence-electron chi connectivity index (χ0n) is 6.66. The van der Waals surface area contributed by atoms with E-state index in [1.807, 2.05) is 13.0 Å². The lowest BCUT2D eigenvalue weighted by Crippen LogP contribution is -2.17. The summed E-state index contributed by atoms with van der Waals surface area (Å²) in [6.45, 7) is 1.89. The highest BCUT2D eigenvalue weighted by Gasteiger charge is 2.16. The van der Waals surface area contributed by atoms with Gasteiger partial charge >= 0.3 is 5.97 Å². The number of carbonyl (C=O) groups excluding carboxylic acids is 1. The third-order valence-electron chi connectivity index (χ3n) is 1.18. The molecule has 0 spiro atoms. The van der Waals surface area contributed by atoms with Crippen molar-refractivity contribution in [2.75, 3.05) is 12.9 Å². The van der Waals surface area contributed by atoms with Gasteiger partial charge in [-0.05, 0) is 6.42 Å². The summed E-state index contributed by atoms with van der Waals surface area (Å²) < 4.78 is 4.53. The Morgan fingerprint density at radius 1 is 1.82 bits per heavy atom. The van der Waals surface area contributed by atoms with Crippen LogP contribution < -0.4 is 0 Å². The van der Waals surface area contributed by atoms with Crippen molar-refractivity contribution in [1.29, 1.82) is 5.26 Å². The second kappa shape index (κ2) is 6.05. The van der Waals surface area contributed by atoms with E-state index in [2.05, 4.69) is 4.74 Å². The van der Waals surface area contributed by atoms with Gasteiger partial charge < -0.3 is 4.74 Å². The Hall–Kier alpha value is -0.690. The minimum atomic E-state index is -0.243. The SMILES string of the molecule is CCC(SCC#N)C(=O)OC. The van der Waals surface area contributed by atoms with Gasteiger partial charge in [-0.2, -0.15) is 5.26 Å². The van der Waals surface area contributed by atoms with Crippen LogP contribution in [0, 0.1) is 11.3 Å². The predicted octanol–water partition coefficient (Wildman–Crippen LogP) is 1.19. The minimum absolute atomic E-state index is 0.181. The molecule has 62 valence electrons. The average molecular weight is 173 g/mol. The first kappa shape index (κ1) is 10.3. The standard InChI is InChI=1S/C7H11NO2S/c1-3-6(7(9)10-2)11-5-4-8/h6H,3,5H2,1-2H3. The molecule has 11 heavy (non-hydrogen) atoms. The van der Waals surface area contributed by atoms with Crippen molar-refractivity contribution in [2.45, 2.75) is 18.6 Å². The molecule has 0 aliphatic rings. The van der Waals surface area contributed by atoms with Gasteiger partial charge in [0.15, 0.2) is 0 Å². The summed E-state index contributed by atoms with van der Waals surface area (Å²) in [5, 5.41) is 8.06. The fourth-order valence-corrected chi connectivity index (χ4v) is 1.37. The van der Waals surface area contributed by atoms with Gasteiger partial charge in [-0.25, -0.2) is 0 Å². The fraction of sp³-hybridized carbons (Fsp3) is 0.714. The Kier molecular flexibility index (Phi) is 5.67. The Labute approximate surface area is 70.7 Å². The molecule has 4 heteroatoms. The number of ether oxygens (including phenoxy) is 1. The highest BCUT2D eigenvalue weighted by atomic mass is 32.2. The van der Waals surface area contributed by atoms with Crippen LogP contribution in [0.3, 0.4) is 0 Å². The molecule has 0 bridgehead atoms. The number of rotatable bonds is 4. The summed E-state index contributed by atoms with van der Waals surface area (Å²) in [7, 11) is 1.36. The zero-order chi connectivity index (χ0) is 8.69. The van der Waals surface area contributed by atoms with Crippen molar-refractivity contribution < 1.29 is 9.53 Å². The third-order valence-corrected chi connectivity index (χ3v) is 2.41. The summed E-state index contributed by atoms with van der Waals surface area (Å²) in [4.78, 5) is 10.9. The van der Waals surface area contributed by atoms with Crippen molar-refractivity contribution in [3.05, 3.63) is 0 Å². The number of carbonyl (C=O) groups is 1. The number of nitriles is 1. The normalized spacial score (nSPS) is 11.7. The van der Waals surface area contributed by atoms with E-state index in [4.69, 9.17) is 5.26 Å². The van der Waals surface area contributed by atoms with Crippen LogP contribution in [-0.2, 0) is 9.53 Å². The quantitative estimate of drug-likeness (QED) is 0.599. The van der Waals surface area contributed by atoms with E-state index >= 15 is 0 Å². The second-order valence-electron chi connectivity index (χ2n) is 1.89. The maximum Gasteiger partial charge on any atom is 0.318 e. The second-order valence-corrected chi connectivity index (χ2v) is 3.08. The Morgan fingerprint density at radius 3 is 2.82 bits per heavy atom. The number of hydrogen-bond donors (Lipinski definition) is 0. The van der Waals surface area contributed by atoms with Crippen molar-refractivity contribution in [2.24, 2.45) is 0 Å². The predicted molar refractivity (Wildman–Crippen MR) is 44.2 cm³/mol. The third kappa shape index (κ3) is 3.89. The first-order valence-corrected chi connectivity index (χ1v) is 4.37. The first-order chi connectivity index (χ1) is 5.26. The van der Waals surface area contributed by atoms with Crippen molar-refractivity contribution in [1.82, 2.24) is 0 Å². The van der Waals surface area contributed by atoms with Gasteiger partial charge in [-0.15, -0.1) is 11.8 Å². The molecule has 0 aliphatic heterocycles. The Bertz CT molecular complexity index is 164. The lowest BCUT2D eigenvalue weighted by atomic mass is 10.3. The number of thioether (sulfide) groups is 1. The number of hydrogen-bond acceptors (Lipinski definition) is 4. The molecule has 1 atom stereocenters. The molecule has 0 aromatic rings. The smallest absolute Gasteiger partial charge is 0.318 e. The largest absolute Gasteiger partial charge is 0.468 e. The molecule has 1 unspecified atom stereocenters.